The van der Waals surface area contributed by atoms with Crippen molar-refractivity contribution in [1.29, 1.82) is 0 Å². The quantitative estimate of drug-likeness (QED) is 0.398. The van der Waals surface area contributed by atoms with Gasteiger partial charge in [0.1, 0.15) is 5.75 Å². The monoisotopic (exact) mass is 487 g/mol. The molecule has 0 aliphatic heterocycles. The van der Waals surface area contributed by atoms with Gasteiger partial charge in [0.25, 0.3) is 5.91 Å². The van der Waals surface area contributed by atoms with Gasteiger partial charge in [-0.15, -0.1) is 0 Å². The van der Waals surface area contributed by atoms with Gasteiger partial charge in [-0.1, -0.05) is 67.1 Å². The smallest absolute Gasteiger partial charge is 0.328 e. The number of carbonyl (C=O) groups is 2. The molecule has 5 rings (SSSR count). The van der Waals surface area contributed by atoms with Crippen molar-refractivity contribution in [3.8, 4) is 5.75 Å². The van der Waals surface area contributed by atoms with Gasteiger partial charge in [-0.25, -0.2) is 4.79 Å². The fourth-order valence-corrected chi connectivity index (χ4v) is 5.85. The van der Waals surface area contributed by atoms with Crippen LogP contribution in [-0.4, -0.2) is 35.7 Å². The number of carboxylic acid groups (broad SMARTS) is 1. The molecular weight excluding hydrogens is 454 g/mol. The Morgan fingerprint density at radius 3 is 2.50 bits per heavy atom. The van der Waals surface area contributed by atoms with E-state index in [1.54, 1.807) is 13.0 Å². The molecule has 2 N–H and O–H groups in total. The molecule has 36 heavy (non-hydrogen) atoms. The molecule has 6 nitrogen and oxygen atoms in total. The van der Waals surface area contributed by atoms with Crippen LogP contribution >= 0.6 is 0 Å². The van der Waals surface area contributed by atoms with Crippen LogP contribution in [0.3, 0.4) is 0 Å². The number of aliphatic carboxylic acids is 1. The highest BCUT2D eigenvalue weighted by Gasteiger charge is 2.40. The summed E-state index contributed by atoms with van der Waals surface area (Å²) in [4.78, 5) is 25.5. The zero-order chi connectivity index (χ0) is 25.1. The van der Waals surface area contributed by atoms with E-state index in [9.17, 15) is 14.7 Å². The minimum atomic E-state index is -1.20. The third kappa shape index (κ3) is 5.24. The molecule has 0 spiro atoms. The Balaban J connectivity index is 1.33. The summed E-state index contributed by atoms with van der Waals surface area (Å²) >= 11 is 0. The second-order valence-corrected chi connectivity index (χ2v) is 10.2. The minimum Gasteiger partial charge on any atom is -0.492 e. The zero-order valence-corrected chi connectivity index (χ0v) is 20.6. The Labute approximate surface area is 211 Å². The standard InChI is InChI=1S/C30H33NO5/c1-19(35-17-20-7-3-2-4-8-20)27(30(33)34)31-29(32)26-14-13-22-9-5-6-10-25(22)28(26)36-18-24-16-21-11-12-23(24)15-21/h2-10,13-14,19,21,23-24,27H,11-12,15-18H2,1H3,(H,31,32)(H,33,34)/t19-,21?,23?,24?,27?/m1/s1. The molecule has 2 aliphatic carbocycles. The third-order valence-electron chi connectivity index (χ3n) is 7.83. The van der Waals surface area contributed by atoms with Gasteiger partial charge in [0.15, 0.2) is 6.04 Å². The first-order valence-corrected chi connectivity index (χ1v) is 12.8. The topological polar surface area (TPSA) is 84.9 Å². The summed E-state index contributed by atoms with van der Waals surface area (Å²) < 4.78 is 12.2. The van der Waals surface area contributed by atoms with Gasteiger partial charge >= 0.3 is 5.97 Å². The summed E-state index contributed by atoms with van der Waals surface area (Å²) in [6.45, 7) is 2.50. The molecule has 0 radical (unpaired) electrons. The van der Waals surface area contributed by atoms with Crippen molar-refractivity contribution in [1.82, 2.24) is 5.32 Å². The van der Waals surface area contributed by atoms with Crippen LogP contribution in [0.25, 0.3) is 10.8 Å². The molecule has 1 amide bonds. The molecule has 2 bridgehead atoms. The van der Waals surface area contributed by atoms with Crippen molar-refractivity contribution < 1.29 is 24.2 Å². The molecular formula is C30H33NO5. The Kier molecular flexibility index (Phi) is 7.23. The van der Waals surface area contributed by atoms with Gasteiger partial charge in [0.2, 0.25) is 0 Å². The lowest BCUT2D eigenvalue weighted by molar-refractivity contribution is -0.143. The van der Waals surface area contributed by atoms with Crippen LogP contribution in [0.5, 0.6) is 5.75 Å². The number of carboxylic acids is 1. The lowest BCUT2D eigenvalue weighted by Crippen LogP contribution is -2.48. The van der Waals surface area contributed by atoms with Gasteiger partial charge in [-0.3, -0.25) is 4.79 Å². The van der Waals surface area contributed by atoms with Crippen molar-refractivity contribution in [2.75, 3.05) is 6.61 Å². The van der Waals surface area contributed by atoms with E-state index in [2.05, 4.69) is 5.32 Å². The number of ether oxygens (including phenoxy) is 2. The van der Waals surface area contributed by atoms with Crippen molar-refractivity contribution in [2.24, 2.45) is 17.8 Å². The fourth-order valence-electron chi connectivity index (χ4n) is 5.85. The van der Waals surface area contributed by atoms with Gasteiger partial charge in [-0.05, 0) is 61.0 Å². The van der Waals surface area contributed by atoms with Crippen LogP contribution in [0, 0.1) is 17.8 Å². The lowest BCUT2D eigenvalue weighted by atomic mass is 9.89. The van der Waals surface area contributed by atoms with Crippen LogP contribution in [0.2, 0.25) is 0 Å². The number of hydrogen-bond donors (Lipinski definition) is 2. The summed E-state index contributed by atoms with van der Waals surface area (Å²) in [5.74, 6) is 0.932. The third-order valence-corrected chi connectivity index (χ3v) is 7.83. The van der Waals surface area contributed by atoms with E-state index in [1.165, 1.54) is 25.7 Å². The van der Waals surface area contributed by atoms with Crippen LogP contribution in [-0.2, 0) is 16.1 Å². The van der Waals surface area contributed by atoms with Gasteiger partial charge in [0, 0.05) is 5.39 Å². The highest BCUT2D eigenvalue weighted by molar-refractivity contribution is 6.04. The zero-order valence-electron chi connectivity index (χ0n) is 20.6. The maximum Gasteiger partial charge on any atom is 0.328 e. The maximum atomic E-state index is 13.4. The molecule has 188 valence electrons. The van der Waals surface area contributed by atoms with Crippen LogP contribution in [0.1, 0.15) is 48.5 Å². The van der Waals surface area contributed by atoms with Gasteiger partial charge in [0.05, 0.1) is 24.9 Å². The number of amides is 1. The number of nitrogens with one attached hydrogen (secondary N) is 1. The van der Waals surface area contributed by atoms with Gasteiger partial charge in [-0.2, -0.15) is 0 Å². The molecule has 2 aliphatic rings. The van der Waals surface area contributed by atoms with E-state index in [0.29, 0.717) is 29.8 Å². The van der Waals surface area contributed by atoms with Gasteiger partial charge < -0.3 is 19.9 Å². The second kappa shape index (κ2) is 10.7. The molecule has 2 fully saturated rings. The summed E-state index contributed by atoms with van der Waals surface area (Å²) in [5.41, 5.74) is 1.28. The first-order chi connectivity index (χ1) is 17.5. The van der Waals surface area contributed by atoms with Crippen molar-refractivity contribution >= 4 is 22.6 Å². The van der Waals surface area contributed by atoms with E-state index >= 15 is 0 Å². The molecule has 3 aromatic carbocycles. The van der Waals surface area contributed by atoms with E-state index in [-0.39, 0.29) is 6.61 Å². The van der Waals surface area contributed by atoms with Crippen LogP contribution in [0.4, 0.5) is 0 Å². The molecule has 2 saturated carbocycles. The highest BCUT2D eigenvalue weighted by atomic mass is 16.5. The normalized spacial score (nSPS) is 22.3. The average molecular weight is 488 g/mol. The number of fused-ring (bicyclic) bond motifs is 3. The first kappa shape index (κ1) is 24.3. The van der Waals surface area contributed by atoms with Crippen molar-refractivity contribution in [3.63, 3.8) is 0 Å². The molecule has 5 atom stereocenters. The van der Waals surface area contributed by atoms with E-state index in [0.717, 1.165) is 22.3 Å². The second-order valence-electron chi connectivity index (χ2n) is 10.2. The minimum absolute atomic E-state index is 0.259. The maximum absolute atomic E-state index is 13.4. The number of carbonyl (C=O) groups excluding carboxylic acids is 1. The predicted octanol–water partition coefficient (Wildman–Crippen LogP) is 5.44. The molecule has 0 aromatic heterocycles. The summed E-state index contributed by atoms with van der Waals surface area (Å²) in [5, 5.41) is 14.4. The molecule has 3 aromatic rings. The van der Waals surface area contributed by atoms with Crippen molar-refractivity contribution in [3.05, 3.63) is 77.9 Å². The fraction of sp³-hybridized carbons (Fsp3) is 0.400. The number of rotatable bonds is 10. The number of hydrogen-bond acceptors (Lipinski definition) is 4. The Morgan fingerprint density at radius 2 is 1.78 bits per heavy atom. The molecule has 4 unspecified atom stereocenters. The lowest BCUT2D eigenvalue weighted by Gasteiger charge is -2.24. The summed E-state index contributed by atoms with van der Waals surface area (Å²) in [6, 6.07) is 19.7. The summed E-state index contributed by atoms with van der Waals surface area (Å²) in [7, 11) is 0. The van der Waals surface area contributed by atoms with E-state index in [1.807, 2.05) is 60.7 Å². The summed E-state index contributed by atoms with van der Waals surface area (Å²) in [6.07, 6.45) is 4.34. The molecule has 0 saturated heterocycles. The predicted molar refractivity (Wildman–Crippen MR) is 138 cm³/mol. The van der Waals surface area contributed by atoms with Crippen LogP contribution in [0.15, 0.2) is 66.7 Å². The van der Waals surface area contributed by atoms with E-state index < -0.39 is 24.0 Å². The molecule has 6 heteroatoms. The van der Waals surface area contributed by atoms with Crippen molar-refractivity contribution in [2.45, 2.75) is 51.4 Å². The SMILES string of the molecule is C[C@@H](OCc1ccccc1)C(NC(=O)c1ccc2ccccc2c1OCC1CC2CCC1C2)C(=O)O. The molecule has 0 heterocycles. The van der Waals surface area contributed by atoms with Crippen LogP contribution < -0.4 is 10.1 Å². The Bertz CT molecular complexity index is 1230. The average Bonchev–Trinajstić information content (AvgIpc) is 3.53. The number of benzene rings is 3. The highest BCUT2D eigenvalue weighted by Crippen LogP contribution is 2.48. The van der Waals surface area contributed by atoms with E-state index in [4.69, 9.17) is 9.47 Å². The largest absolute Gasteiger partial charge is 0.492 e. The Morgan fingerprint density at radius 1 is 1.00 bits per heavy atom. The Hall–Kier alpha value is -3.38. The first-order valence-electron chi connectivity index (χ1n) is 12.8.